The number of benzene rings is 1. The molecule has 22 heavy (non-hydrogen) atoms. The topological polar surface area (TPSA) is 95.0 Å². The van der Waals surface area contributed by atoms with E-state index in [1.165, 1.54) is 0 Å². The molecule has 1 aromatic heterocycles. The van der Waals surface area contributed by atoms with Crippen LogP contribution in [0.1, 0.15) is 48.8 Å². The highest BCUT2D eigenvalue weighted by Gasteiger charge is 2.22. The molecule has 1 aromatic carbocycles. The summed E-state index contributed by atoms with van der Waals surface area (Å²) in [5, 5.41) is 26.1. The first-order valence-electron chi connectivity index (χ1n) is 7.23. The van der Waals surface area contributed by atoms with Gasteiger partial charge < -0.3 is 14.9 Å². The van der Waals surface area contributed by atoms with Crippen LogP contribution in [0.3, 0.4) is 0 Å². The number of aliphatic hydroxyl groups is 1. The number of aromatic nitrogens is 2. The summed E-state index contributed by atoms with van der Waals surface area (Å²) in [4.78, 5) is 4.25. The second-order valence-corrected chi connectivity index (χ2v) is 5.56. The number of hydrogen-bond acceptors (Lipinski definition) is 6. The minimum atomic E-state index is -0.669. The van der Waals surface area contributed by atoms with Gasteiger partial charge in [0.2, 0.25) is 5.89 Å². The highest BCUT2D eigenvalue weighted by atomic mass is 16.5. The summed E-state index contributed by atoms with van der Waals surface area (Å²) in [5.41, 5.74) is 1.33. The van der Waals surface area contributed by atoms with E-state index in [0.29, 0.717) is 23.8 Å². The third kappa shape index (κ3) is 3.91. The molecule has 2 atom stereocenters. The van der Waals surface area contributed by atoms with Crippen molar-refractivity contribution in [2.24, 2.45) is 5.92 Å². The maximum Gasteiger partial charge on any atom is 0.244 e. The van der Waals surface area contributed by atoms with E-state index in [2.05, 4.69) is 21.5 Å². The molecule has 1 heterocycles. The lowest BCUT2D eigenvalue weighted by Crippen LogP contribution is -2.30. The van der Waals surface area contributed by atoms with Gasteiger partial charge in [-0.1, -0.05) is 31.1 Å². The number of hydrogen-bond donors (Lipinski definition) is 2. The predicted octanol–water partition coefficient (Wildman–Crippen LogP) is 2.27. The van der Waals surface area contributed by atoms with E-state index in [9.17, 15) is 5.11 Å². The summed E-state index contributed by atoms with van der Waals surface area (Å²) in [6, 6.07) is 8.84. The third-order valence-corrected chi connectivity index (χ3v) is 3.43. The molecule has 0 aliphatic heterocycles. The summed E-state index contributed by atoms with van der Waals surface area (Å²) in [6.07, 6.45) is -0.669. The molecular weight excluding hydrogens is 280 g/mol. The van der Waals surface area contributed by atoms with Gasteiger partial charge in [-0.15, -0.1) is 0 Å². The molecule has 116 valence electrons. The molecule has 2 aromatic rings. The minimum Gasteiger partial charge on any atom is -0.387 e. The largest absolute Gasteiger partial charge is 0.387 e. The zero-order chi connectivity index (χ0) is 16.1. The number of rotatable bonds is 6. The van der Waals surface area contributed by atoms with Gasteiger partial charge in [0, 0.05) is 6.54 Å². The van der Waals surface area contributed by atoms with Crippen LogP contribution in [0.4, 0.5) is 0 Å². The van der Waals surface area contributed by atoms with Crippen LogP contribution in [0.5, 0.6) is 0 Å². The Hall–Kier alpha value is -2.23. The van der Waals surface area contributed by atoms with E-state index in [1.54, 1.807) is 31.2 Å². The summed E-state index contributed by atoms with van der Waals surface area (Å²) in [5.74, 6) is 1.36. The fourth-order valence-electron chi connectivity index (χ4n) is 2.18. The fraction of sp³-hybridized carbons (Fsp3) is 0.438. The summed E-state index contributed by atoms with van der Waals surface area (Å²) >= 11 is 0. The molecule has 0 fully saturated rings. The van der Waals surface area contributed by atoms with Crippen LogP contribution in [0.25, 0.3) is 0 Å². The lowest BCUT2D eigenvalue weighted by atomic mass is 10.0. The summed E-state index contributed by atoms with van der Waals surface area (Å²) in [6.45, 7) is 6.22. The average Bonchev–Trinajstić information content (AvgIpc) is 2.93. The smallest absolute Gasteiger partial charge is 0.244 e. The molecule has 0 saturated heterocycles. The number of aliphatic hydroxyl groups excluding tert-OH is 1. The lowest BCUT2D eigenvalue weighted by molar-refractivity contribution is 0.160. The normalized spacial score (nSPS) is 13.8. The van der Waals surface area contributed by atoms with Crippen molar-refractivity contribution in [3.05, 3.63) is 47.1 Å². The van der Waals surface area contributed by atoms with Crippen molar-refractivity contribution in [2.75, 3.05) is 6.54 Å². The van der Waals surface area contributed by atoms with Crippen molar-refractivity contribution in [1.29, 1.82) is 5.26 Å². The minimum absolute atomic E-state index is 0.116. The molecule has 0 aliphatic carbocycles. The van der Waals surface area contributed by atoms with E-state index in [4.69, 9.17) is 9.78 Å². The van der Waals surface area contributed by atoms with Gasteiger partial charge in [-0.05, 0) is 30.5 Å². The quantitative estimate of drug-likeness (QED) is 0.849. The highest BCUT2D eigenvalue weighted by Crippen LogP contribution is 2.21. The maximum absolute atomic E-state index is 10.3. The Bertz CT molecular complexity index is 643. The Morgan fingerprint density at radius 3 is 2.50 bits per heavy atom. The van der Waals surface area contributed by atoms with Gasteiger partial charge in [0.25, 0.3) is 0 Å². The van der Waals surface area contributed by atoms with Gasteiger partial charge in [-0.25, -0.2) is 0 Å². The SMILES string of the molecule is Cc1noc(C(NCC(O)c2ccc(C#N)cc2)C(C)C)n1. The zero-order valence-corrected chi connectivity index (χ0v) is 12.9. The molecule has 0 saturated carbocycles. The van der Waals surface area contributed by atoms with Crippen molar-refractivity contribution in [3.63, 3.8) is 0 Å². The Labute approximate surface area is 129 Å². The van der Waals surface area contributed by atoms with Crippen molar-refractivity contribution < 1.29 is 9.63 Å². The van der Waals surface area contributed by atoms with Crippen molar-refractivity contribution in [2.45, 2.75) is 32.9 Å². The molecule has 2 rings (SSSR count). The molecule has 0 aliphatic rings. The van der Waals surface area contributed by atoms with Crippen LogP contribution in [0, 0.1) is 24.2 Å². The predicted molar refractivity (Wildman–Crippen MR) is 80.7 cm³/mol. The van der Waals surface area contributed by atoms with E-state index < -0.39 is 6.10 Å². The Morgan fingerprint density at radius 1 is 1.32 bits per heavy atom. The van der Waals surface area contributed by atoms with Crippen LogP contribution >= 0.6 is 0 Å². The van der Waals surface area contributed by atoms with Gasteiger partial charge in [0.1, 0.15) is 0 Å². The highest BCUT2D eigenvalue weighted by molar-refractivity contribution is 5.32. The van der Waals surface area contributed by atoms with Gasteiger partial charge >= 0.3 is 0 Å². The van der Waals surface area contributed by atoms with E-state index in [1.807, 2.05) is 13.8 Å². The lowest BCUT2D eigenvalue weighted by Gasteiger charge is -2.21. The number of aryl methyl sites for hydroxylation is 1. The summed E-state index contributed by atoms with van der Waals surface area (Å²) in [7, 11) is 0. The average molecular weight is 300 g/mol. The van der Waals surface area contributed by atoms with Crippen LogP contribution < -0.4 is 5.32 Å². The molecule has 6 heteroatoms. The molecule has 0 bridgehead atoms. The third-order valence-electron chi connectivity index (χ3n) is 3.43. The second-order valence-electron chi connectivity index (χ2n) is 5.56. The summed E-state index contributed by atoms with van der Waals surface area (Å²) < 4.78 is 5.21. The second kappa shape index (κ2) is 7.16. The molecule has 0 spiro atoms. The van der Waals surface area contributed by atoms with Crippen LogP contribution in [-0.4, -0.2) is 21.8 Å². The Kier molecular flexibility index (Phi) is 5.26. The number of nitrogens with one attached hydrogen (secondary N) is 1. The Morgan fingerprint density at radius 2 is 2.00 bits per heavy atom. The maximum atomic E-state index is 10.3. The van der Waals surface area contributed by atoms with Gasteiger partial charge in [0.05, 0.1) is 23.8 Å². The van der Waals surface area contributed by atoms with E-state index in [-0.39, 0.29) is 12.0 Å². The first-order chi connectivity index (χ1) is 10.5. The Balaban J connectivity index is 2.01. The first kappa shape index (κ1) is 16.1. The number of nitriles is 1. The standard InChI is InChI=1S/C16H20N4O2/c1-10(2)15(16-19-11(3)20-22-16)18-9-14(21)13-6-4-12(8-17)5-7-13/h4-7,10,14-15,18,21H,9H2,1-3H3. The number of nitrogens with zero attached hydrogens (tertiary/aromatic N) is 3. The van der Waals surface area contributed by atoms with Crippen molar-refractivity contribution >= 4 is 0 Å². The van der Waals surface area contributed by atoms with E-state index in [0.717, 1.165) is 5.56 Å². The zero-order valence-electron chi connectivity index (χ0n) is 12.9. The molecule has 2 N–H and O–H groups in total. The monoisotopic (exact) mass is 300 g/mol. The van der Waals surface area contributed by atoms with Gasteiger partial charge in [-0.3, -0.25) is 0 Å². The first-order valence-corrected chi connectivity index (χ1v) is 7.23. The molecule has 0 radical (unpaired) electrons. The van der Waals surface area contributed by atoms with Gasteiger partial charge in [-0.2, -0.15) is 10.2 Å². The van der Waals surface area contributed by atoms with Crippen molar-refractivity contribution in [1.82, 2.24) is 15.5 Å². The molecule has 2 unspecified atom stereocenters. The fourth-order valence-corrected chi connectivity index (χ4v) is 2.18. The van der Waals surface area contributed by atoms with Crippen LogP contribution in [0.15, 0.2) is 28.8 Å². The molecule has 6 nitrogen and oxygen atoms in total. The van der Waals surface area contributed by atoms with Gasteiger partial charge in [0.15, 0.2) is 5.82 Å². The van der Waals surface area contributed by atoms with Crippen LogP contribution in [0.2, 0.25) is 0 Å². The van der Waals surface area contributed by atoms with Crippen LogP contribution in [-0.2, 0) is 0 Å². The van der Waals surface area contributed by atoms with Crippen molar-refractivity contribution in [3.8, 4) is 6.07 Å². The molecular formula is C16H20N4O2. The molecule has 0 amide bonds. The van der Waals surface area contributed by atoms with E-state index >= 15 is 0 Å².